The Bertz CT molecular complexity index is 943. The van der Waals surface area contributed by atoms with Crippen LogP contribution >= 0.6 is 0 Å². The fourth-order valence-corrected chi connectivity index (χ4v) is 3.49. The molecule has 2 aromatic rings. The molecule has 1 aliphatic rings. The maximum Gasteiger partial charge on any atom is 0.277 e. The molecule has 3 rings (SSSR count). The zero-order chi connectivity index (χ0) is 21.8. The third-order valence-electron chi connectivity index (χ3n) is 5.07. The summed E-state index contributed by atoms with van der Waals surface area (Å²) in [5, 5.41) is 3.17. The van der Waals surface area contributed by atoms with Gasteiger partial charge in [0.1, 0.15) is 11.4 Å². The van der Waals surface area contributed by atoms with E-state index in [1.165, 1.54) is 7.05 Å². The molecular formula is C24H29N3O3. The largest absolute Gasteiger partial charge is 0.491 e. The van der Waals surface area contributed by atoms with Crippen molar-refractivity contribution in [3.63, 3.8) is 0 Å². The molecule has 30 heavy (non-hydrogen) atoms. The van der Waals surface area contributed by atoms with Gasteiger partial charge in [-0.2, -0.15) is 0 Å². The second-order valence-corrected chi connectivity index (χ2v) is 7.45. The molecule has 0 spiro atoms. The molecule has 0 atom stereocenters. The first-order valence-corrected chi connectivity index (χ1v) is 10.3. The maximum atomic E-state index is 12.8. The van der Waals surface area contributed by atoms with Gasteiger partial charge in [0.15, 0.2) is 0 Å². The van der Waals surface area contributed by atoms with Crippen molar-refractivity contribution in [3.05, 3.63) is 59.8 Å². The van der Waals surface area contributed by atoms with Crippen molar-refractivity contribution in [2.75, 3.05) is 30.4 Å². The maximum absolute atomic E-state index is 12.8. The first-order valence-electron chi connectivity index (χ1n) is 10.3. The van der Waals surface area contributed by atoms with Crippen LogP contribution in [-0.2, 0) is 9.59 Å². The van der Waals surface area contributed by atoms with E-state index < -0.39 is 0 Å². The van der Waals surface area contributed by atoms with Crippen LogP contribution in [0.15, 0.2) is 54.2 Å². The summed E-state index contributed by atoms with van der Waals surface area (Å²) in [6, 6.07) is 15.1. The lowest BCUT2D eigenvalue weighted by atomic mass is 10.0. The van der Waals surface area contributed by atoms with E-state index in [4.69, 9.17) is 4.74 Å². The highest BCUT2D eigenvalue weighted by Crippen LogP contribution is 2.31. The van der Waals surface area contributed by atoms with Crippen LogP contribution in [0.25, 0.3) is 5.57 Å². The van der Waals surface area contributed by atoms with Crippen LogP contribution in [-0.4, -0.2) is 43.0 Å². The van der Waals surface area contributed by atoms with Gasteiger partial charge in [-0.15, -0.1) is 0 Å². The quantitative estimate of drug-likeness (QED) is 0.667. The molecule has 0 aliphatic carbocycles. The average Bonchev–Trinajstić information content (AvgIpc) is 2.94. The Kier molecular flexibility index (Phi) is 6.45. The second kappa shape index (κ2) is 9.03. The Morgan fingerprint density at radius 1 is 0.933 bits per heavy atom. The van der Waals surface area contributed by atoms with Gasteiger partial charge in [-0.05, 0) is 69.7 Å². The van der Waals surface area contributed by atoms with Gasteiger partial charge in [-0.1, -0.05) is 12.1 Å². The van der Waals surface area contributed by atoms with Crippen molar-refractivity contribution in [3.8, 4) is 5.75 Å². The van der Waals surface area contributed by atoms with E-state index in [0.717, 1.165) is 35.1 Å². The molecule has 2 amide bonds. The summed E-state index contributed by atoms with van der Waals surface area (Å²) in [5.41, 5.74) is 3.21. The second-order valence-electron chi connectivity index (χ2n) is 7.45. The van der Waals surface area contributed by atoms with Crippen molar-refractivity contribution in [2.45, 2.75) is 33.8 Å². The number of amides is 2. The highest BCUT2D eigenvalue weighted by molar-refractivity contribution is 6.36. The Morgan fingerprint density at radius 2 is 1.53 bits per heavy atom. The smallest absolute Gasteiger partial charge is 0.277 e. The number of nitrogens with zero attached hydrogens (tertiary/aromatic N) is 2. The zero-order valence-electron chi connectivity index (χ0n) is 18.2. The summed E-state index contributed by atoms with van der Waals surface area (Å²) in [6.45, 7) is 9.99. The number of anilines is 2. The van der Waals surface area contributed by atoms with Crippen LogP contribution in [0.5, 0.6) is 5.75 Å². The van der Waals surface area contributed by atoms with E-state index in [9.17, 15) is 9.59 Å². The van der Waals surface area contributed by atoms with Gasteiger partial charge < -0.3 is 15.0 Å². The van der Waals surface area contributed by atoms with E-state index in [1.54, 1.807) is 0 Å². The van der Waals surface area contributed by atoms with Crippen molar-refractivity contribution in [2.24, 2.45) is 0 Å². The minimum atomic E-state index is -0.342. The summed E-state index contributed by atoms with van der Waals surface area (Å²) in [6.07, 6.45) is 0.0624. The number of hydrogen-bond donors (Lipinski definition) is 1. The SMILES string of the molecule is CCN(CC)c1ccc(NC2=C(c3ccc(OC(C)C)cc3)C(=O)N(C)C2=O)cc1. The van der Waals surface area contributed by atoms with Crippen LogP contribution in [0.3, 0.4) is 0 Å². The summed E-state index contributed by atoms with van der Waals surface area (Å²) < 4.78 is 5.67. The van der Waals surface area contributed by atoms with Crippen molar-refractivity contribution in [1.29, 1.82) is 0 Å². The molecule has 0 bridgehead atoms. The molecule has 0 saturated heterocycles. The van der Waals surface area contributed by atoms with E-state index >= 15 is 0 Å². The summed E-state index contributed by atoms with van der Waals surface area (Å²) in [7, 11) is 1.50. The molecule has 6 heteroatoms. The fourth-order valence-electron chi connectivity index (χ4n) is 3.49. The molecule has 1 aliphatic heterocycles. The molecular weight excluding hydrogens is 378 g/mol. The topological polar surface area (TPSA) is 61.9 Å². The minimum Gasteiger partial charge on any atom is -0.491 e. The van der Waals surface area contributed by atoms with Crippen molar-refractivity contribution in [1.82, 2.24) is 4.90 Å². The molecule has 1 N–H and O–H groups in total. The molecule has 0 aromatic heterocycles. The number of rotatable bonds is 8. The molecule has 0 unspecified atom stereocenters. The normalized spacial score (nSPS) is 14.0. The van der Waals surface area contributed by atoms with Crippen molar-refractivity contribution >= 4 is 28.8 Å². The fraction of sp³-hybridized carbons (Fsp3) is 0.333. The summed E-state index contributed by atoms with van der Waals surface area (Å²) in [5.74, 6) is 0.0612. The van der Waals surface area contributed by atoms with Gasteiger partial charge in [-0.3, -0.25) is 14.5 Å². The van der Waals surface area contributed by atoms with Gasteiger partial charge in [0.2, 0.25) is 0 Å². The Balaban J connectivity index is 1.92. The number of carbonyl (C=O) groups excluding carboxylic acids is 2. The van der Waals surface area contributed by atoms with E-state index in [-0.39, 0.29) is 23.6 Å². The number of benzene rings is 2. The molecule has 1 heterocycles. The van der Waals surface area contributed by atoms with E-state index in [2.05, 4.69) is 24.1 Å². The van der Waals surface area contributed by atoms with Gasteiger partial charge in [0.05, 0.1) is 11.7 Å². The average molecular weight is 408 g/mol. The predicted molar refractivity (Wildman–Crippen MR) is 121 cm³/mol. The van der Waals surface area contributed by atoms with Crippen LogP contribution in [0.1, 0.15) is 33.3 Å². The zero-order valence-corrected chi connectivity index (χ0v) is 18.2. The molecule has 0 saturated carbocycles. The van der Waals surface area contributed by atoms with E-state index in [0.29, 0.717) is 11.1 Å². The number of likely N-dealkylation sites (N-methyl/N-ethyl adjacent to an activating group) is 1. The summed E-state index contributed by atoms with van der Waals surface area (Å²) in [4.78, 5) is 28.9. The number of nitrogens with one attached hydrogen (secondary N) is 1. The monoisotopic (exact) mass is 407 g/mol. The first kappa shape index (κ1) is 21.4. The molecule has 0 fully saturated rings. The van der Waals surface area contributed by atoms with Gasteiger partial charge >= 0.3 is 0 Å². The lowest BCUT2D eigenvalue weighted by Gasteiger charge is -2.21. The summed E-state index contributed by atoms with van der Waals surface area (Å²) >= 11 is 0. The van der Waals surface area contributed by atoms with Crippen LogP contribution in [0.4, 0.5) is 11.4 Å². The third kappa shape index (κ3) is 4.32. The lowest BCUT2D eigenvalue weighted by molar-refractivity contribution is -0.135. The third-order valence-corrected chi connectivity index (χ3v) is 5.07. The van der Waals surface area contributed by atoms with E-state index in [1.807, 2.05) is 62.4 Å². The van der Waals surface area contributed by atoms with Crippen LogP contribution in [0.2, 0.25) is 0 Å². The number of hydrogen-bond acceptors (Lipinski definition) is 5. The molecule has 158 valence electrons. The van der Waals surface area contributed by atoms with Crippen molar-refractivity contribution < 1.29 is 14.3 Å². The minimum absolute atomic E-state index is 0.0624. The number of imide groups is 1. The Hall–Kier alpha value is -3.28. The molecule has 2 aromatic carbocycles. The molecule has 0 radical (unpaired) electrons. The number of ether oxygens (including phenoxy) is 1. The standard InChI is InChI=1S/C24H29N3O3/c1-6-27(7-2)19-12-10-18(11-13-19)25-22-21(23(28)26(5)24(22)29)17-8-14-20(15-9-17)30-16(3)4/h8-16,25H,6-7H2,1-5H3. The predicted octanol–water partition coefficient (Wildman–Crippen LogP) is 4.14. The van der Waals surface area contributed by atoms with Gasteiger partial charge in [0.25, 0.3) is 11.8 Å². The Labute approximate surface area is 178 Å². The van der Waals surface area contributed by atoms with Crippen LogP contribution < -0.4 is 15.0 Å². The van der Waals surface area contributed by atoms with Gasteiger partial charge in [0, 0.05) is 31.5 Å². The lowest BCUT2D eigenvalue weighted by Crippen LogP contribution is -2.27. The number of carbonyl (C=O) groups is 2. The molecule has 6 nitrogen and oxygen atoms in total. The highest BCUT2D eigenvalue weighted by Gasteiger charge is 2.36. The van der Waals surface area contributed by atoms with Gasteiger partial charge in [-0.25, -0.2) is 0 Å². The highest BCUT2D eigenvalue weighted by atomic mass is 16.5. The first-order chi connectivity index (χ1) is 14.3. The Morgan fingerprint density at radius 3 is 2.07 bits per heavy atom. The van der Waals surface area contributed by atoms with Crippen LogP contribution in [0, 0.1) is 0 Å².